The fourth-order valence-electron chi connectivity index (χ4n) is 8.00. The van der Waals surface area contributed by atoms with Gasteiger partial charge in [0.1, 0.15) is 0 Å². The van der Waals surface area contributed by atoms with E-state index in [0.717, 1.165) is 17.1 Å². The minimum Gasteiger partial charge on any atom is -0.311 e. The van der Waals surface area contributed by atoms with Crippen LogP contribution in [0.4, 0.5) is 17.1 Å². The van der Waals surface area contributed by atoms with Crippen molar-refractivity contribution in [2.24, 2.45) is 0 Å². The zero-order valence-corrected chi connectivity index (χ0v) is 29.7. The Bertz CT molecular complexity index is 2790. The minimum absolute atomic E-state index is 1.10. The van der Waals surface area contributed by atoms with Gasteiger partial charge in [0, 0.05) is 33.4 Å². The molecule has 10 rings (SSSR count). The molecule has 0 saturated carbocycles. The van der Waals surface area contributed by atoms with Gasteiger partial charge in [-0.05, 0) is 87.3 Å². The first-order valence-corrected chi connectivity index (χ1v) is 18.5. The molecule has 54 heavy (non-hydrogen) atoms. The SMILES string of the molecule is c1ccc(-c2ccc(N(c3ccc(-c4ccccc4)cc3)c3ccc(-c4c5ccccc5n5c(-c6ccccc6)cc6ccccc6c45)cc3)cc2)cc1. The van der Waals surface area contributed by atoms with Gasteiger partial charge in [-0.15, -0.1) is 0 Å². The van der Waals surface area contributed by atoms with Crippen molar-refractivity contribution in [1.29, 1.82) is 0 Å². The van der Waals surface area contributed by atoms with E-state index < -0.39 is 0 Å². The van der Waals surface area contributed by atoms with Crippen LogP contribution in [0.15, 0.2) is 218 Å². The molecule has 0 bridgehead atoms. The van der Waals surface area contributed by atoms with Gasteiger partial charge in [-0.1, -0.05) is 170 Å². The third-order valence-electron chi connectivity index (χ3n) is 10.6. The molecule has 0 saturated heterocycles. The van der Waals surface area contributed by atoms with Crippen molar-refractivity contribution in [1.82, 2.24) is 4.40 Å². The number of aromatic nitrogens is 1. The van der Waals surface area contributed by atoms with Gasteiger partial charge >= 0.3 is 0 Å². The highest BCUT2D eigenvalue weighted by atomic mass is 15.1. The molecule has 0 radical (unpaired) electrons. The Hall–Kier alpha value is -7.16. The van der Waals surface area contributed by atoms with E-state index in [1.54, 1.807) is 0 Å². The second kappa shape index (κ2) is 13.4. The van der Waals surface area contributed by atoms with Crippen molar-refractivity contribution >= 4 is 44.3 Å². The maximum absolute atomic E-state index is 2.46. The maximum atomic E-state index is 2.46. The van der Waals surface area contributed by atoms with Crippen molar-refractivity contribution in [2.75, 3.05) is 4.90 Å². The van der Waals surface area contributed by atoms with Crippen LogP contribution < -0.4 is 4.90 Å². The average Bonchev–Trinajstić information content (AvgIpc) is 3.61. The summed E-state index contributed by atoms with van der Waals surface area (Å²) < 4.78 is 2.46. The molecule has 10 aromatic rings. The lowest BCUT2D eigenvalue weighted by Crippen LogP contribution is -2.09. The summed E-state index contributed by atoms with van der Waals surface area (Å²) in [6.07, 6.45) is 0. The lowest BCUT2D eigenvalue weighted by atomic mass is 9.99. The van der Waals surface area contributed by atoms with Gasteiger partial charge in [0.05, 0.1) is 16.7 Å². The number of fused-ring (bicyclic) bond motifs is 5. The highest BCUT2D eigenvalue weighted by Crippen LogP contribution is 2.44. The highest BCUT2D eigenvalue weighted by Gasteiger charge is 2.20. The summed E-state index contributed by atoms with van der Waals surface area (Å²) in [5.74, 6) is 0. The summed E-state index contributed by atoms with van der Waals surface area (Å²) in [5, 5.41) is 3.71. The van der Waals surface area contributed by atoms with Gasteiger partial charge in [-0.25, -0.2) is 0 Å². The Morgan fingerprint density at radius 3 is 1.26 bits per heavy atom. The zero-order chi connectivity index (χ0) is 35.8. The Morgan fingerprint density at radius 2 is 0.722 bits per heavy atom. The summed E-state index contributed by atoms with van der Waals surface area (Å²) in [6.45, 7) is 0. The van der Waals surface area contributed by atoms with E-state index in [4.69, 9.17) is 0 Å². The second-order valence-corrected chi connectivity index (χ2v) is 13.8. The normalized spacial score (nSPS) is 11.3. The molecule has 0 amide bonds. The van der Waals surface area contributed by atoms with Gasteiger partial charge in [-0.3, -0.25) is 0 Å². The smallest absolute Gasteiger partial charge is 0.0625 e. The molecule has 254 valence electrons. The van der Waals surface area contributed by atoms with E-state index in [-0.39, 0.29) is 0 Å². The number of nitrogens with zero attached hydrogens (tertiary/aromatic N) is 2. The number of hydrogen-bond donors (Lipinski definition) is 0. The van der Waals surface area contributed by atoms with E-state index in [2.05, 4.69) is 228 Å². The van der Waals surface area contributed by atoms with Gasteiger partial charge < -0.3 is 9.30 Å². The summed E-state index contributed by atoms with van der Waals surface area (Å²) in [4.78, 5) is 2.35. The predicted molar refractivity (Wildman–Crippen MR) is 229 cm³/mol. The molecule has 0 unspecified atom stereocenters. The van der Waals surface area contributed by atoms with Crippen LogP contribution in [-0.2, 0) is 0 Å². The fourth-order valence-corrected chi connectivity index (χ4v) is 8.00. The summed E-state index contributed by atoms with van der Waals surface area (Å²) in [5.41, 5.74) is 15.4. The van der Waals surface area contributed by atoms with Gasteiger partial charge in [0.25, 0.3) is 0 Å². The van der Waals surface area contributed by atoms with Crippen molar-refractivity contribution in [3.63, 3.8) is 0 Å². The number of hydrogen-bond acceptors (Lipinski definition) is 1. The molecule has 0 spiro atoms. The first kappa shape index (κ1) is 31.6. The molecule has 0 aliphatic heterocycles. The fraction of sp³-hybridized carbons (Fsp3) is 0. The largest absolute Gasteiger partial charge is 0.311 e. The minimum atomic E-state index is 1.10. The predicted octanol–water partition coefficient (Wildman–Crippen LogP) is 14.4. The first-order chi connectivity index (χ1) is 26.8. The Balaban J connectivity index is 1.13. The Kier molecular flexibility index (Phi) is 7.85. The summed E-state index contributed by atoms with van der Waals surface area (Å²) in [7, 11) is 0. The van der Waals surface area contributed by atoms with E-state index >= 15 is 0 Å². The number of anilines is 3. The summed E-state index contributed by atoms with van der Waals surface area (Å²) in [6, 6.07) is 78.8. The van der Waals surface area contributed by atoms with Crippen molar-refractivity contribution < 1.29 is 0 Å². The topological polar surface area (TPSA) is 7.65 Å². The maximum Gasteiger partial charge on any atom is 0.0625 e. The molecule has 2 aromatic heterocycles. The van der Waals surface area contributed by atoms with E-state index in [0.29, 0.717) is 0 Å². The second-order valence-electron chi connectivity index (χ2n) is 13.8. The molecule has 0 N–H and O–H groups in total. The number of pyridine rings is 1. The molecule has 2 heterocycles. The standard InChI is InChI=1S/C52H36N2/c1-4-14-37(15-5-1)39-24-30-44(31-25-39)53(45-32-26-40(27-33-45)38-16-6-2-7-17-38)46-34-28-42(29-35-46)51-48-22-12-13-23-49(48)54-50(41-18-8-3-9-19-41)36-43-20-10-11-21-47(43)52(51)54/h1-36H. The Morgan fingerprint density at radius 1 is 0.315 bits per heavy atom. The zero-order valence-electron chi connectivity index (χ0n) is 29.7. The van der Waals surface area contributed by atoms with E-state index in [9.17, 15) is 0 Å². The lowest BCUT2D eigenvalue weighted by Gasteiger charge is -2.26. The molecule has 0 atom stereocenters. The van der Waals surface area contributed by atoms with Gasteiger partial charge in [-0.2, -0.15) is 0 Å². The molecule has 0 aliphatic carbocycles. The third-order valence-corrected chi connectivity index (χ3v) is 10.6. The van der Waals surface area contributed by atoms with Crippen LogP contribution in [0.5, 0.6) is 0 Å². The van der Waals surface area contributed by atoms with Gasteiger partial charge in [0.2, 0.25) is 0 Å². The van der Waals surface area contributed by atoms with Crippen LogP contribution >= 0.6 is 0 Å². The quantitative estimate of drug-likeness (QED) is 0.162. The van der Waals surface area contributed by atoms with E-state index in [1.165, 1.54) is 71.8 Å². The first-order valence-electron chi connectivity index (χ1n) is 18.5. The molecule has 2 nitrogen and oxygen atoms in total. The van der Waals surface area contributed by atoms with Crippen LogP contribution in [-0.4, -0.2) is 4.40 Å². The molecular weight excluding hydrogens is 653 g/mol. The lowest BCUT2D eigenvalue weighted by molar-refractivity contribution is 1.27. The van der Waals surface area contributed by atoms with Crippen LogP contribution in [0, 0.1) is 0 Å². The van der Waals surface area contributed by atoms with Crippen molar-refractivity contribution in [3.05, 3.63) is 218 Å². The molecule has 0 aliphatic rings. The monoisotopic (exact) mass is 688 g/mol. The Labute approximate surface area is 315 Å². The van der Waals surface area contributed by atoms with Crippen molar-refractivity contribution in [3.8, 4) is 44.6 Å². The summed E-state index contributed by atoms with van der Waals surface area (Å²) >= 11 is 0. The number of benzene rings is 8. The van der Waals surface area contributed by atoms with Gasteiger partial charge in [0.15, 0.2) is 0 Å². The van der Waals surface area contributed by atoms with Crippen LogP contribution in [0.3, 0.4) is 0 Å². The van der Waals surface area contributed by atoms with Crippen LogP contribution in [0.1, 0.15) is 0 Å². The highest BCUT2D eigenvalue weighted by molar-refractivity contribution is 6.16. The number of para-hydroxylation sites is 1. The molecule has 8 aromatic carbocycles. The third kappa shape index (κ3) is 5.53. The molecular formula is C52H36N2. The van der Waals surface area contributed by atoms with E-state index in [1.807, 2.05) is 0 Å². The van der Waals surface area contributed by atoms with Crippen molar-refractivity contribution in [2.45, 2.75) is 0 Å². The van der Waals surface area contributed by atoms with Crippen LogP contribution in [0.25, 0.3) is 71.8 Å². The number of rotatable bonds is 7. The molecule has 0 fully saturated rings. The average molecular weight is 689 g/mol. The molecule has 2 heteroatoms. The van der Waals surface area contributed by atoms with Crippen LogP contribution in [0.2, 0.25) is 0 Å².